The summed E-state index contributed by atoms with van der Waals surface area (Å²) in [6.07, 6.45) is 0. The van der Waals surface area contributed by atoms with E-state index in [9.17, 15) is 4.39 Å². The number of benzene rings is 1. The molecule has 1 aromatic carbocycles. The Kier molecular flexibility index (Phi) is 2.29. The van der Waals surface area contributed by atoms with E-state index in [1.165, 1.54) is 17.4 Å². The number of thiophene rings is 1. The number of anilines is 1. The summed E-state index contributed by atoms with van der Waals surface area (Å²) in [5.74, 6) is -0.0636. The van der Waals surface area contributed by atoms with Crippen LogP contribution in [-0.4, -0.2) is 6.61 Å². The molecular formula is C10H10FNOS. The van der Waals surface area contributed by atoms with E-state index in [0.717, 1.165) is 10.1 Å². The molecule has 0 amide bonds. The number of ether oxygens (including phenoxy) is 1. The van der Waals surface area contributed by atoms with Crippen molar-refractivity contribution in [2.75, 3.05) is 12.3 Å². The Labute approximate surface area is 85.1 Å². The van der Waals surface area contributed by atoms with Crippen LogP contribution in [0.5, 0.6) is 5.75 Å². The number of halogens is 1. The standard InChI is InChI=1S/C10H10FNOS/c1-2-13-9-3-6-8(12)5-14-10(6)4-7(9)11/h3-5H,2,12H2,1H3. The highest BCUT2D eigenvalue weighted by molar-refractivity contribution is 7.17. The van der Waals surface area contributed by atoms with Gasteiger partial charge in [0.2, 0.25) is 0 Å². The highest BCUT2D eigenvalue weighted by atomic mass is 32.1. The second kappa shape index (κ2) is 3.46. The van der Waals surface area contributed by atoms with Crippen LogP contribution < -0.4 is 10.5 Å². The van der Waals surface area contributed by atoms with E-state index < -0.39 is 0 Å². The van der Waals surface area contributed by atoms with Gasteiger partial charge in [-0.3, -0.25) is 0 Å². The molecule has 4 heteroatoms. The Morgan fingerprint density at radius 1 is 1.50 bits per heavy atom. The summed E-state index contributed by atoms with van der Waals surface area (Å²) < 4.78 is 19.4. The van der Waals surface area contributed by atoms with Crippen molar-refractivity contribution in [3.63, 3.8) is 0 Å². The molecule has 0 saturated carbocycles. The summed E-state index contributed by atoms with van der Waals surface area (Å²) in [5.41, 5.74) is 6.40. The van der Waals surface area contributed by atoms with Crippen molar-refractivity contribution >= 4 is 27.1 Å². The van der Waals surface area contributed by atoms with Crippen LogP contribution in [0.25, 0.3) is 10.1 Å². The molecule has 0 unspecified atom stereocenters. The summed E-state index contributed by atoms with van der Waals surface area (Å²) in [6, 6.07) is 3.11. The Morgan fingerprint density at radius 3 is 3.00 bits per heavy atom. The van der Waals surface area contributed by atoms with Crippen LogP contribution in [0.3, 0.4) is 0 Å². The average molecular weight is 211 g/mol. The van der Waals surface area contributed by atoms with E-state index in [1.54, 1.807) is 11.4 Å². The van der Waals surface area contributed by atoms with Crippen molar-refractivity contribution in [1.82, 2.24) is 0 Å². The van der Waals surface area contributed by atoms with Gasteiger partial charge in [-0.05, 0) is 19.1 Å². The predicted octanol–water partition coefficient (Wildman–Crippen LogP) is 3.02. The zero-order valence-electron chi connectivity index (χ0n) is 7.71. The molecule has 1 aromatic heterocycles. The third kappa shape index (κ3) is 1.42. The highest BCUT2D eigenvalue weighted by Crippen LogP contribution is 2.33. The molecule has 0 aliphatic rings. The topological polar surface area (TPSA) is 35.2 Å². The average Bonchev–Trinajstić information content (AvgIpc) is 2.49. The third-order valence-corrected chi connectivity index (χ3v) is 2.92. The summed E-state index contributed by atoms with van der Waals surface area (Å²) in [5, 5.41) is 2.67. The van der Waals surface area contributed by atoms with Crippen molar-refractivity contribution < 1.29 is 9.13 Å². The van der Waals surface area contributed by atoms with Gasteiger partial charge < -0.3 is 10.5 Å². The maximum absolute atomic E-state index is 13.4. The first-order valence-corrected chi connectivity index (χ1v) is 5.19. The molecule has 1 heterocycles. The van der Waals surface area contributed by atoms with Crippen molar-refractivity contribution in [3.05, 3.63) is 23.3 Å². The van der Waals surface area contributed by atoms with Crippen LogP contribution in [0.1, 0.15) is 6.92 Å². The van der Waals surface area contributed by atoms with Gasteiger partial charge in [-0.2, -0.15) is 0 Å². The maximum atomic E-state index is 13.4. The Morgan fingerprint density at radius 2 is 2.29 bits per heavy atom. The maximum Gasteiger partial charge on any atom is 0.166 e. The summed E-state index contributed by atoms with van der Waals surface area (Å²) in [4.78, 5) is 0. The number of rotatable bonds is 2. The van der Waals surface area contributed by atoms with Gasteiger partial charge in [-0.15, -0.1) is 11.3 Å². The number of nitrogen functional groups attached to an aromatic ring is 1. The lowest BCUT2D eigenvalue weighted by atomic mass is 10.2. The van der Waals surface area contributed by atoms with Gasteiger partial charge in [-0.25, -0.2) is 4.39 Å². The Hall–Kier alpha value is -1.29. The molecule has 2 rings (SSSR count). The van der Waals surface area contributed by atoms with Gasteiger partial charge in [0.15, 0.2) is 11.6 Å². The quantitative estimate of drug-likeness (QED) is 0.828. The minimum absolute atomic E-state index is 0.269. The lowest BCUT2D eigenvalue weighted by Crippen LogP contribution is -1.94. The Balaban J connectivity index is 2.61. The fraction of sp³-hybridized carbons (Fsp3) is 0.200. The van der Waals surface area contributed by atoms with Crippen molar-refractivity contribution in [3.8, 4) is 5.75 Å². The van der Waals surface area contributed by atoms with Crippen LogP contribution >= 0.6 is 11.3 Å². The molecule has 0 fully saturated rings. The first-order valence-electron chi connectivity index (χ1n) is 4.31. The first kappa shape index (κ1) is 9.27. The molecule has 0 atom stereocenters. The molecule has 2 N–H and O–H groups in total. The van der Waals surface area contributed by atoms with E-state index in [4.69, 9.17) is 10.5 Å². The lowest BCUT2D eigenvalue weighted by molar-refractivity contribution is 0.322. The van der Waals surface area contributed by atoms with Gasteiger partial charge in [0.1, 0.15) is 0 Å². The minimum atomic E-state index is -0.332. The van der Waals surface area contributed by atoms with E-state index in [1.807, 2.05) is 6.92 Å². The summed E-state index contributed by atoms with van der Waals surface area (Å²) >= 11 is 1.43. The van der Waals surface area contributed by atoms with Gasteiger partial charge in [0.05, 0.1) is 12.3 Å². The second-order valence-electron chi connectivity index (χ2n) is 2.90. The van der Waals surface area contributed by atoms with Crippen LogP contribution in [0.15, 0.2) is 17.5 Å². The first-order chi connectivity index (χ1) is 6.72. The number of nitrogens with two attached hydrogens (primary N) is 1. The summed E-state index contributed by atoms with van der Waals surface area (Å²) in [7, 11) is 0. The molecule has 0 aliphatic carbocycles. The zero-order chi connectivity index (χ0) is 10.1. The molecule has 2 nitrogen and oxygen atoms in total. The molecule has 0 saturated heterocycles. The zero-order valence-corrected chi connectivity index (χ0v) is 8.53. The molecule has 0 aliphatic heterocycles. The second-order valence-corrected chi connectivity index (χ2v) is 3.81. The number of hydrogen-bond acceptors (Lipinski definition) is 3. The van der Waals surface area contributed by atoms with Crippen LogP contribution in [0.2, 0.25) is 0 Å². The molecular weight excluding hydrogens is 201 g/mol. The van der Waals surface area contributed by atoms with Gasteiger partial charge in [0.25, 0.3) is 0 Å². The van der Waals surface area contributed by atoms with Gasteiger partial charge in [0, 0.05) is 15.5 Å². The van der Waals surface area contributed by atoms with Crippen molar-refractivity contribution in [2.45, 2.75) is 6.92 Å². The van der Waals surface area contributed by atoms with Crippen molar-refractivity contribution in [1.29, 1.82) is 0 Å². The molecule has 0 radical (unpaired) electrons. The monoisotopic (exact) mass is 211 g/mol. The SMILES string of the molecule is CCOc1cc2c(N)csc2cc1F. The van der Waals surface area contributed by atoms with Gasteiger partial charge in [-0.1, -0.05) is 0 Å². The highest BCUT2D eigenvalue weighted by Gasteiger charge is 2.08. The fourth-order valence-electron chi connectivity index (χ4n) is 1.31. The van der Waals surface area contributed by atoms with Crippen LogP contribution in [-0.2, 0) is 0 Å². The van der Waals surface area contributed by atoms with E-state index in [0.29, 0.717) is 12.3 Å². The molecule has 0 spiro atoms. The third-order valence-electron chi connectivity index (χ3n) is 1.96. The van der Waals surface area contributed by atoms with Crippen LogP contribution in [0.4, 0.5) is 10.1 Å². The fourth-order valence-corrected chi connectivity index (χ4v) is 2.17. The Bertz CT molecular complexity index is 466. The smallest absolute Gasteiger partial charge is 0.166 e. The van der Waals surface area contributed by atoms with Crippen molar-refractivity contribution in [2.24, 2.45) is 0 Å². The van der Waals surface area contributed by atoms with E-state index >= 15 is 0 Å². The van der Waals surface area contributed by atoms with E-state index in [-0.39, 0.29) is 11.6 Å². The van der Waals surface area contributed by atoms with E-state index in [2.05, 4.69) is 0 Å². The minimum Gasteiger partial charge on any atom is -0.491 e. The normalized spacial score (nSPS) is 10.7. The molecule has 2 aromatic rings. The predicted molar refractivity (Wildman–Crippen MR) is 57.4 cm³/mol. The number of hydrogen-bond donors (Lipinski definition) is 1. The molecule has 74 valence electrons. The molecule has 14 heavy (non-hydrogen) atoms. The van der Waals surface area contributed by atoms with Crippen LogP contribution in [0, 0.1) is 5.82 Å². The largest absolute Gasteiger partial charge is 0.491 e. The summed E-state index contributed by atoms with van der Waals surface area (Å²) in [6.45, 7) is 2.27. The number of fused-ring (bicyclic) bond motifs is 1. The molecule has 0 bridgehead atoms. The van der Waals surface area contributed by atoms with Gasteiger partial charge >= 0.3 is 0 Å². The lowest BCUT2D eigenvalue weighted by Gasteiger charge is -2.04.